The topological polar surface area (TPSA) is 44.7 Å². The highest BCUT2D eigenvalue weighted by atomic mass is 16.5. The van der Waals surface area contributed by atoms with E-state index in [-0.39, 0.29) is 6.61 Å². The van der Waals surface area contributed by atoms with Crippen molar-refractivity contribution in [3.63, 3.8) is 0 Å². The Morgan fingerprint density at radius 2 is 2.15 bits per heavy atom. The van der Waals surface area contributed by atoms with Crippen molar-refractivity contribution in [1.82, 2.24) is 10.2 Å². The zero-order valence-electron chi connectivity index (χ0n) is 12.3. The highest BCUT2D eigenvalue weighted by Gasteiger charge is 2.26. The normalized spacial score (nSPS) is 23.1. The zero-order valence-corrected chi connectivity index (χ0v) is 12.3. The molecular weight excluding hydrogens is 252 g/mol. The number of aliphatic hydroxyl groups is 1. The number of nitrogens with zero attached hydrogens (tertiary/aromatic N) is 1. The second-order valence-electron chi connectivity index (χ2n) is 5.46. The van der Waals surface area contributed by atoms with Crippen molar-refractivity contribution in [3.05, 3.63) is 35.9 Å². The molecule has 0 spiro atoms. The van der Waals surface area contributed by atoms with Gasteiger partial charge in [0.2, 0.25) is 0 Å². The predicted molar refractivity (Wildman–Crippen MR) is 80.6 cm³/mol. The first-order valence-electron chi connectivity index (χ1n) is 7.45. The second-order valence-corrected chi connectivity index (χ2v) is 5.46. The third kappa shape index (κ3) is 4.56. The molecule has 0 radical (unpaired) electrons. The maximum atomic E-state index is 9.28. The van der Waals surface area contributed by atoms with Crippen LogP contribution in [0.2, 0.25) is 0 Å². The molecule has 1 aliphatic rings. The van der Waals surface area contributed by atoms with Gasteiger partial charge in [0.25, 0.3) is 0 Å². The summed E-state index contributed by atoms with van der Waals surface area (Å²) < 4.78 is 5.61. The van der Waals surface area contributed by atoms with Gasteiger partial charge in [-0.2, -0.15) is 0 Å². The number of nitrogens with one attached hydrogen (secondary N) is 1. The molecule has 1 aromatic carbocycles. The van der Waals surface area contributed by atoms with Crippen molar-refractivity contribution in [2.24, 2.45) is 5.92 Å². The summed E-state index contributed by atoms with van der Waals surface area (Å²) >= 11 is 0. The third-order valence-corrected chi connectivity index (χ3v) is 4.00. The van der Waals surface area contributed by atoms with Gasteiger partial charge in [0.05, 0.1) is 13.2 Å². The molecule has 2 unspecified atom stereocenters. The summed E-state index contributed by atoms with van der Waals surface area (Å²) in [7, 11) is 2.02. The molecule has 2 N–H and O–H groups in total. The van der Waals surface area contributed by atoms with E-state index in [1.54, 1.807) is 0 Å². The number of benzene rings is 1. The van der Waals surface area contributed by atoms with Gasteiger partial charge in [-0.3, -0.25) is 4.90 Å². The van der Waals surface area contributed by atoms with Crippen LogP contribution in [0.5, 0.6) is 0 Å². The molecule has 112 valence electrons. The molecule has 0 saturated carbocycles. The summed E-state index contributed by atoms with van der Waals surface area (Å²) in [4.78, 5) is 2.32. The lowest BCUT2D eigenvalue weighted by Gasteiger charge is -2.35. The number of rotatable bonds is 7. The van der Waals surface area contributed by atoms with Crippen LogP contribution < -0.4 is 5.32 Å². The van der Waals surface area contributed by atoms with Gasteiger partial charge >= 0.3 is 0 Å². The van der Waals surface area contributed by atoms with Crippen LogP contribution in [0.3, 0.4) is 0 Å². The van der Waals surface area contributed by atoms with Crippen LogP contribution in [0, 0.1) is 5.92 Å². The van der Waals surface area contributed by atoms with E-state index in [4.69, 9.17) is 4.74 Å². The average Bonchev–Trinajstić information content (AvgIpc) is 2.49. The third-order valence-electron chi connectivity index (χ3n) is 4.00. The van der Waals surface area contributed by atoms with Gasteiger partial charge in [0.1, 0.15) is 0 Å². The average molecular weight is 278 g/mol. The molecule has 0 amide bonds. The quantitative estimate of drug-likeness (QED) is 0.784. The van der Waals surface area contributed by atoms with Crippen LogP contribution in [0.15, 0.2) is 30.3 Å². The van der Waals surface area contributed by atoms with Gasteiger partial charge < -0.3 is 15.2 Å². The summed E-state index contributed by atoms with van der Waals surface area (Å²) in [6.07, 6.45) is 1.07. The van der Waals surface area contributed by atoms with E-state index < -0.39 is 0 Å². The van der Waals surface area contributed by atoms with Crippen molar-refractivity contribution in [1.29, 1.82) is 0 Å². The van der Waals surface area contributed by atoms with E-state index in [0.29, 0.717) is 18.5 Å². The first-order chi connectivity index (χ1) is 9.83. The lowest BCUT2D eigenvalue weighted by atomic mass is 9.95. The minimum Gasteiger partial charge on any atom is -0.395 e. The van der Waals surface area contributed by atoms with Gasteiger partial charge in [-0.15, -0.1) is 0 Å². The van der Waals surface area contributed by atoms with Gasteiger partial charge in [-0.25, -0.2) is 0 Å². The first-order valence-corrected chi connectivity index (χ1v) is 7.45. The fraction of sp³-hybridized carbons (Fsp3) is 0.625. The summed E-state index contributed by atoms with van der Waals surface area (Å²) in [5.41, 5.74) is 1.29. The van der Waals surface area contributed by atoms with E-state index in [2.05, 4.69) is 34.5 Å². The molecular formula is C16H26N2O2. The summed E-state index contributed by atoms with van der Waals surface area (Å²) in [6.45, 7) is 4.41. The van der Waals surface area contributed by atoms with Gasteiger partial charge in [-0.1, -0.05) is 30.3 Å². The van der Waals surface area contributed by atoms with Crippen LogP contribution in [-0.4, -0.2) is 56.0 Å². The lowest BCUT2D eigenvalue weighted by molar-refractivity contribution is 0.0150. The van der Waals surface area contributed by atoms with Crippen molar-refractivity contribution in [3.8, 4) is 0 Å². The fourth-order valence-corrected chi connectivity index (χ4v) is 2.91. The Balaban J connectivity index is 1.94. The Hall–Kier alpha value is -0.940. The number of hydrogen-bond donors (Lipinski definition) is 2. The smallest absolute Gasteiger partial charge is 0.0558 e. The minimum atomic E-state index is 0.199. The van der Waals surface area contributed by atoms with Crippen molar-refractivity contribution in [2.75, 3.05) is 40.0 Å². The Morgan fingerprint density at radius 3 is 2.85 bits per heavy atom. The summed E-state index contributed by atoms with van der Waals surface area (Å²) in [5.74, 6) is 0.490. The van der Waals surface area contributed by atoms with Crippen LogP contribution >= 0.6 is 0 Å². The molecule has 4 nitrogen and oxygen atoms in total. The molecule has 20 heavy (non-hydrogen) atoms. The van der Waals surface area contributed by atoms with E-state index in [1.165, 1.54) is 5.56 Å². The Kier molecular flexibility index (Phi) is 6.47. The molecule has 1 aromatic rings. The van der Waals surface area contributed by atoms with Gasteiger partial charge in [0.15, 0.2) is 0 Å². The van der Waals surface area contributed by atoms with Gasteiger partial charge in [0, 0.05) is 38.2 Å². The molecule has 2 atom stereocenters. The Labute approximate surface area is 121 Å². The SMILES string of the molecule is CNC1CCOCC1CN(CCO)Cc1ccccc1. The fourth-order valence-electron chi connectivity index (χ4n) is 2.91. The maximum Gasteiger partial charge on any atom is 0.0558 e. The van der Waals surface area contributed by atoms with Crippen molar-refractivity contribution >= 4 is 0 Å². The van der Waals surface area contributed by atoms with Crippen LogP contribution in [0.1, 0.15) is 12.0 Å². The van der Waals surface area contributed by atoms with Crippen LogP contribution in [0.4, 0.5) is 0 Å². The summed E-state index contributed by atoms with van der Waals surface area (Å²) in [5, 5.41) is 12.7. The molecule has 1 aliphatic heterocycles. The number of aliphatic hydroxyl groups excluding tert-OH is 1. The second kappa shape index (κ2) is 8.37. The number of ether oxygens (including phenoxy) is 1. The monoisotopic (exact) mass is 278 g/mol. The maximum absolute atomic E-state index is 9.28. The molecule has 1 heterocycles. The van der Waals surface area contributed by atoms with E-state index >= 15 is 0 Å². The molecule has 1 saturated heterocycles. The molecule has 0 aliphatic carbocycles. The van der Waals surface area contributed by atoms with Crippen molar-refractivity contribution in [2.45, 2.75) is 19.0 Å². The minimum absolute atomic E-state index is 0.199. The van der Waals surface area contributed by atoms with Crippen LogP contribution in [-0.2, 0) is 11.3 Å². The molecule has 1 fully saturated rings. The molecule has 4 heteroatoms. The standard InChI is InChI=1S/C16H26N2O2/c1-17-16-7-10-20-13-15(16)12-18(8-9-19)11-14-5-3-2-4-6-14/h2-6,15-17,19H,7-13H2,1H3. The lowest BCUT2D eigenvalue weighted by Crippen LogP contribution is -2.46. The van der Waals surface area contributed by atoms with E-state index in [1.807, 2.05) is 13.1 Å². The van der Waals surface area contributed by atoms with Crippen LogP contribution in [0.25, 0.3) is 0 Å². The predicted octanol–water partition coefficient (Wildman–Crippen LogP) is 1.11. The molecule has 2 rings (SSSR count). The first kappa shape index (κ1) is 15.4. The highest BCUT2D eigenvalue weighted by molar-refractivity contribution is 5.14. The van der Waals surface area contributed by atoms with Gasteiger partial charge in [-0.05, 0) is 19.0 Å². The molecule has 0 aromatic heterocycles. The van der Waals surface area contributed by atoms with Crippen molar-refractivity contribution < 1.29 is 9.84 Å². The number of hydrogen-bond acceptors (Lipinski definition) is 4. The summed E-state index contributed by atoms with van der Waals surface area (Å²) in [6, 6.07) is 10.9. The largest absolute Gasteiger partial charge is 0.395 e. The Bertz CT molecular complexity index is 372. The zero-order chi connectivity index (χ0) is 14.2. The molecule has 0 bridgehead atoms. The Morgan fingerprint density at radius 1 is 1.35 bits per heavy atom. The van der Waals surface area contributed by atoms with E-state index in [9.17, 15) is 5.11 Å². The van der Waals surface area contributed by atoms with E-state index in [0.717, 1.165) is 32.7 Å². The highest BCUT2D eigenvalue weighted by Crippen LogP contribution is 2.17.